The van der Waals surface area contributed by atoms with Gasteiger partial charge in [0.05, 0.1) is 7.11 Å². The van der Waals surface area contributed by atoms with E-state index in [9.17, 15) is 19.5 Å². The summed E-state index contributed by atoms with van der Waals surface area (Å²) in [6.07, 6.45) is 8.85. The molecule has 38 heavy (non-hydrogen) atoms. The van der Waals surface area contributed by atoms with E-state index < -0.39 is 23.3 Å². The first-order valence-corrected chi connectivity index (χ1v) is 12.8. The van der Waals surface area contributed by atoms with Crippen molar-refractivity contribution >= 4 is 28.9 Å². The fourth-order valence-electron chi connectivity index (χ4n) is 4.29. The molecule has 0 saturated carbocycles. The summed E-state index contributed by atoms with van der Waals surface area (Å²) < 4.78 is 11.9. The van der Waals surface area contributed by atoms with Gasteiger partial charge in [-0.2, -0.15) is 0 Å². The lowest BCUT2D eigenvalue weighted by atomic mass is 9.99. The van der Waals surface area contributed by atoms with Crippen LogP contribution in [0.2, 0.25) is 0 Å². The van der Waals surface area contributed by atoms with E-state index in [1.165, 1.54) is 24.9 Å². The highest BCUT2D eigenvalue weighted by atomic mass is 16.5. The molecule has 0 radical (unpaired) electrons. The zero-order valence-corrected chi connectivity index (χ0v) is 22.7. The maximum absolute atomic E-state index is 13.1. The summed E-state index contributed by atoms with van der Waals surface area (Å²) in [6, 6.07) is 9.73. The molecule has 0 spiro atoms. The summed E-state index contributed by atoms with van der Waals surface area (Å²) in [5.74, 6) is -0.898. The van der Waals surface area contributed by atoms with E-state index in [0.717, 1.165) is 35.9 Å². The average molecular weight is 521 g/mol. The van der Waals surface area contributed by atoms with Crippen LogP contribution < -0.4 is 10.9 Å². The molecule has 0 aliphatic rings. The smallest absolute Gasteiger partial charge is 0.410 e. The Labute approximate surface area is 222 Å². The van der Waals surface area contributed by atoms with Crippen LogP contribution in [0, 0.1) is 0 Å². The SMILES string of the molecule is CCCCc1ccc2c(c1)cc(/C=C(\C)C(=O)c1c(O)cc(C(C)CC/C=C/NC(=O)OC)oc1=O)n2C. The molecule has 3 aromatic rings. The molecule has 3 rings (SSSR count). The van der Waals surface area contributed by atoms with Crippen molar-refractivity contribution in [2.24, 2.45) is 7.05 Å². The lowest BCUT2D eigenvalue weighted by Gasteiger charge is -2.11. The summed E-state index contributed by atoms with van der Waals surface area (Å²) in [5, 5.41) is 14.1. The number of alkyl carbamates (subject to hydrolysis) is 1. The summed E-state index contributed by atoms with van der Waals surface area (Å²) >= 11 is 0. The van der Waals surface area contributed by atoms with Crippen molar-refractivity contribution in [3.05, 3.63) is 81.2 Å². The molecular weight excluding hydrogens is 484 g/mol. The van der Waals surface area contributed by atoms with E-state index in [4.69, 9.17) is 4.42 Å². The van der Waals surface area contributed by atoms with Crippen molar-refractivity contribution in [3.8, 4) is 5.75 Å². The number of hydrogen-bond donors (Lipinski definition) is 2. The normalized spacial score (nSPS) is 12.7. The summed E-state index contributed by atoms with van der Waals surface area (Å²) in [7, 11) is 3.21. The number of nitrogens with zero attached hydrogens (tertiary/aromatic N) is 1. The molecule has 1 atom stereocenters. The number of methoxy groups -OCH3 is 1. The van der Waals surface area contributed by atoms with Crippen LogP contribution in [0.15, 0.2) is 57.4 Å². The van der Waals surface area contributed by atoms with E-state index in [2.05, 4.69) is 35.2 Å². The Kier molecular flexibility index (Phi) is 9.71. The Morgan fingerprint density at radius 3 is 2.68 bits per heavy atom. The van der Waals surface area contributed by atoms with Gasteiger partial charge in [-0.1, -0.05) is 32.4 Å². The number of carbonyl (C=O) groups is 2. The minimum Gasteiger partial charge on any atom is -0.507 e. The van der Waals surface area contributed by atoms with Crippen LogP contribution in [-0.2, 0) is 18.2 Å². The lowest BCUT2D eigenvalue weighted by molar-refractivity contribution is 0.102. The van der Waals surface area contributed by atoms with Gasteiger partial charge in [0.25, 0.3) is 0 Å². The molecule has 8 nitrogen and oxygen atoms in total. The lowest BCUT2D eigenvalue weighted by Crippen LogP contribution is -2.17. The van der Waals surface area contributed by atoms with Gasteiger partial charge in [0.1, 0.15) is 17.1 Å². The van der Waals surface area contributed by atoms with Crippen molar-refractivity contribution < 1.29 is 23.8 Å². The Bertz CT molecular complexity index is 1430. The first-order valence-electron chi connectivity index (χ1n) is 12.8. The molecule has 0 bridgehead atoms. The summed E-state index contributed by atoms with van der Waals surface area (Å²) in [5.41, 5.74) is 2.21. The highest BCUT2D eigenvalue weighted by Crippen LogP contribution is 2.27. The molecule has 1 amide bonds. The van der Waals surface area contributed by atoms with E-state index in [0.29, 0.717) is 18.4 Å². The first kappa shape index (κ1) is 28.5. The van der Waals surface area contributed by atoms with Gasteiger partial charge in [0, 0.05) is 41.8 Å². The second-order valence-corrected chi connectivity index (χ2v) is 9.49. The zero-order valence-electron chi connectivity index (χ0n) is 22.7. The molecule has 2 heterocycles. The number of rotatable bonds is 11. The van der Waals surface area contributed by atoms with Gasteiger partial charge in [0.2, 0.25) is 0 Å². The third-order valence-electron chi connectivity index (χ3n) is 6.62. The highest BCUT2D eigenvalue weighted by molar-refractivity contribution is 6.12. The number of benzene rings is 1. The quantitative estimate of drug-likeness (QED) is 0.229. The molecule has 1 unspecified atom stereocenters. The predicted octanol–water partition coefficient (Wildman–Crippen LogP) is 6.22. The van der Waals surface area contributed by atoms with Crippen LogP contribution in [0.5, 0.6) is 5.75 Å². The van der Waals surface area contributed by atoms with Gasteiger partial charge in [0.15, 0.2) is 5.78 Å². The van der Waals surface area contributed by atoms with Crippen LogP contribution in [0.3, 0.4) is 0 Å². The predicted molar refractivity (Wildman–Crippen MR) is 148 cm³/mol. The summed E-state index contributed by atoms with van der Waals surface area (Å²) in [6.45, 7) is 5.64. The van der Waals surface area contributed by atoms with Crippen molar-refractivity contribution in [2.75, 3.05) is 7.11 Å². The van der Waals surface area contributed by atoms with Gasteiger partial charge in [-0.15, -0.1) is 0 Å². The molecule has 2 aromatic heterocycles. The van der Waals surface area contributed by atoms with E-state index in [1.807, 2.05) is 24.6 Å². The molecule has 2 N–H and O–H groups in total. The number of aromatic hydroxyl groups is 1. The van der Waals surface area contributed by atoms with Gasteiger partial charge >= 0.3 is 11.7 Å². The maximum atomic E-state index is 13.1. The molecule has 0 fully saturated rings. The third-order valence-corrected chi connectivity index (χ3v) is 6.62. The number of aromatic nitrogens is 1. The minimum atomic E-state index is -0.870. The number of nitrogens with one attached hydrogen (secondary N) is 1. The number of aryl methyl sites for hydroxylation is 2. The number of Topliss-reactive ketones (excluding diaryl/α,β-unsaturated/α-hetero) is 1. The van der Waals surface area contributed by atoms with Gasteiger partial charge in [-0.25, -0.2) is 9.59 Å². The minimum absolute atomic E-state index is 0.199. The monoisotopic (exact) mass is 520 g/mol. The van der Waals surface area contributed by atoms with Gasteiger partial charge < -0.3 is 18.8 Å². The molecule has 8 heteroatoms. The number of amides is 1. The van der Waals surface area contributed by atoms with Crippen molar-refractivity contribution in [2.45, 2.75) is 58.8 Å². The van der Waals surface area contributed by atoms with E-state index in [1.54, 1.807) is 19.1 Å². The highest BCUT2D eigenvalue weighted by Gasteiger charge is 2.22. The van der Waals surface area contributed by atoms with Crippen molar-refractivity contribution in [1.82, 2.24) is 9.88 Å². The van der Waals surface area contributed by atoms with E-state index in [-0.39, 0.29) is 17.2 Å². The third kappa shape index (κ3) is 6.82. The van der Waals surface area contributed by atoms with E-state index >= 15 is 0 Å². The molecule has 202 valence electrons. The maximum Gasteiger partial charge on any atom is 0.410 e. The number of hydrogen-bond acceptors (Lipinski definition) is 6. The molecule has 0 saturated heterocycles. The Morgan fingerprint density at radius 2 is 2.00 bits per heavy atom. The topological polar surface area (TPSA) is 111 Å². The van der Waals surface area contributed by atoms with Gasteiger partial charge in [-0.3, -0.25) is 10.1 Å². The molecule has 0 aliphatic carbocycles. The largest absolute Gasteiger partial charge is 0.507 e. The van der Waals surface area contributed by atoms with Crippen LogP contribution in [0.1, 0.15) is 79.7 Å². The summed E-state index contributed by atoms with van der Waals surface area (Å²) in [4.78, 5) is 36.9. The van der Waals surface area contributed by atoms with Crippen LogP contribution >= 0.6 is 0 Å². The zero-order chi connectivity index (χ0) is 27.8. The second kappa shape index (κ2) is 12.9. The Balaban J connectivity index is 1.77. The van der Waals surface area contributed by atoms with Crippen molar-refractivity contribution in [3.63, 3.8) is 0 Å². The molecule has 1 aromatic carbocycles. The first-order chi connectivity index (χ1) is 18.2. The number of fused-ring (bicyclic) bond motifs is 1. The standard InChI is InChI=1S/C30H36N2O6/c1-6-7-11-21-12-13-24-22(16-21)17-23(32(24)4)15-20(3)28(34)27-25(33)18-26(38-29(27)35)19(2)10-8-9-14-31-30(36)37-5/h9,12-19,33H,6-8,10-11H2,1-5H3,(H,31,36)/b14-9+,20-15+. The van der Waals surface area contributed by atoms with Gasteiger partial charge in [-0.05, 0) is 68.0 Å². The van der Waals surface area contributed by atoms with Crippen LogP contribution in [-0.4, -0.2) is 28.7 Å². The number of unbranched alkanes of at least 4 members (excludes halogenated alkanes) is 1. The number of ketones is 1. The number of allylic oxidation sites excluding steroid dienone is 2. The average Bonchev–Trinajstić information content (AvgIpc) is 3.20. The number of ether oxygens (including phenoxy) is 1. The Morgan fingerprint density at radius 1 is 1.24 bits per heavy atom. The van der Waals surface area contributed by atoms with Crippen molar-refractivity contribution in [1.29, 1.82) is 0 Å². The fourth-order valence-corrected chi connectivity index (χ4v) is 4.29. The Hall–Kier alpha value is -4.07. The molecular formula is C30H36N2O6. The second-order valence-electron chi connectivity index (χ2n) is 9.49. The molecule has 0 aliphatic heterocycles. The van der Waals surface area contributed by atoms with Crippen LogP contribution in [0.25, 0.3) is 17.0 Å². The fraction of sp³-hybridized carbons (Fsp3) is 0.367. The number of carbonyl (C=O) groups excluding carboxylic acids is 2. The van der Waals surface area contributed by atoms with Crippen LogP contribution in [0.4, 0.5) is 4.79 Å².